The van der Waals surface area contributed by atoms with Crippen molar-refractivity contribution >= 4 is 5.91 Å². The Bertz CT molecular complexity index is 574. The van der Waals surface area contributed by atoms with Gasteiger partial charge in [-0.15, -0.1) is 0 Å². The van der Waals surface area contributed by atoms with E-state index in [9.17, 15) is 9.90 Å². The number of nitrogens with zero attached hydrogens (tertiary/aromatic N) is 1. The lowest BCUT2D eigenvalue weighted by Crippen LogP contribution is -2.27. The number of carbonyl (C=O) groups excluding carboxylic acids is 1. The molecule has 1 aromatic rings. The monoisotopic (exact) mass is 351 g/mol. The summed E-state index contributed by atoms with van der Waals surface area (Å²) in [5.41, 5.74) is 6.76. The van der Waals surface area contributed by atoms with Gasteiger partial charge < -0.3 is 26.0 Å². The maximum Gasteiger partial charge on any atom is 0.250 e. The Morgan fingerprint density at radius 2 is 2.20 bits per heavy atom. The molecule has 1 aromatic heterocycles. The third-order valence-corrected chi connectivity index (χ3v) is 4.64. The number of ether oxygens (including phenoxy) is 1. The van der Waals surface area contributed by atoms with Gasteiger partial charge in [-0.1, -0.05) is 0 Å². The van der Waals surface area contributed by atoms with Crippen molar-refractivity contribution in [1.82, 2.24) is 10.3 Å². The fraction of sp³-hybridized carbons (Fsp3) is 0.667. The number of aryl methyl sites for hydroxylation is 1. The summed E-state index contributed by atoms with van der Waals surface area (Å²) in [6.45, 7) is 4.05. The number of amides is 1. The number of nitrogens with one attached hydrogen (secondary N) is 1. The molecule has 0 aromatic carbocycles. The predicted octanol–water partition coefficient (Wildman–Crippen LogP) is 0.543. The van der Waals surface area contributed by atoms with Gasteiger partial charge in [0.1, 0.15) is 0 Å². The number of aliphatic hydroxyl groups excluding tert-OH is 2. The van der Waals surface area contributed by atoms with Crippen LogP contribution in [0.5, 0.6) is 5.88 Å². The van der Waals surface area contributed by atoms with Crippen LogP contribution in [0.1, 0.15) is 47.3 Å². The molecule has 2 rings (SSSR count). The number of carbonyl (C=O) groups is 1. The fourth-order valence-electron chi connectivity index (χ4n) is 3.18. The first-order chi connectivity index (χ1) is 12.0. The molecule has 1 aliphatic heterocycles. The van der Waals surface area contributed by atoms with Crippen molar-refractivity contribution < 1.29 is 19.7 Å². The molecular weight excluding hydrogens is 322 g/mol. The number of nitrogens with two attached hydrogens (primary N) is 1. The Labute approximate surface area is 148 Å². The van der Waals surface area contributed by atoms with Crippen LogP contribution < -0.4 is 15.8 Å². The van der Waals surface area contributed by atoms with Gasteiger partial charge in [0.15, 0.2) is 0 Å². The first kappa shape index (κ1) is 19.6. The van der Waals surface area contributed by atoms with E-state index in [4.69, 9.17) is 15.6 Å². The van der Waals surface area contributed by atoms with Crippen LogP contribution in [-0.2, 0) is 6.42 Å². The third-order valence-electron chi connectivity index (χ3n) is 4.64. The van der Waals surface area contributed by atoms with E-state index in [1.165, 1.54) is 12.8 Å². The lowest BCUT2D eigenvalue weighted by Gasteiger charge is -2.22. The molecule has 1 atom stereocenters. The number of hydrogen-bond acceptors (Lipinski definition) is 6. The highest BCUT2D eigenvalue weighted by Gasteiger charge is 2.17. The molecule has 7 nitrogen and oxygen atoms in total. The summed E-state index contributed by atoms with van der Waals surface area (Å²) in [4.78, 5) is 15.8. The van der Waals surface area contributed by atoms with Gasteiger partial charge in [-0.05, 0) is 57.7 Å². The van der Waals surface area contributed by atoms with Gasteiger partial charge in [-0.3, -0.25) is 4.79 Å². The van der Waals surface area contributed by atoms with E-state index in [2.05, 4.69) is 10.3 Å². The lowest BCUT2D eigenvalue weighted by molar-refractivity contribution is 0.0942. The van der Waals surface area contributed by atoms with Crippen LogP contribution in [-0.4, -0.2) is 53.5 Å². The number of piperidine rings is 1. The Morgan fingerprint density at radius 3 is 2.84 bits per heavy atom. The van der Waals surface area contributed by atoms with E-state index in [-0.39, 0.29) is 13.0 Å². The van der Waals surface area contributed by atoms with Crippen molar-refractivity contribution in [3.05, 3.63) is 22.9 Å². The minimum atomic E-state index is -0.928. The smallest absolute Gasteiger partial charge is 0.250 e. The van der Waals surface area contributed by atoms with Crippen LogP contribution >= 0.6 is 0 Å². The number of primary amides is 1. The van der Waals surface area contributed by atoms with Crippen molar-refractivity contribution in [3.63, 3.8) is 0 Å². The minimum Gasteiger partial charge on any atom is -0.477 e. The Balaban J connectivity index is 1.98. The average Bonchev–Trinajstić information content (AvgIpc) is 2.61. The first-order valence-corrected chi connectivity index (χ1v) is 8.94. The largest absolute Gasteiger partial charge is 0.477 e. The standard InChI is InChI=1S/C18H29N3O4/c1-12-16(17(19)24)10-14(9-15(23)11-22)18(21-12)25-8-2-3-13-4-6-20-7-5-13/h10,13,15,20,22-23H,2-9,11H2,1H3,(H2,19,24)/t15-/m0/s1. The molecule has 0 saturated carbocycles. The molecule has 140 valence electrons. The quantitative estimate of drug-likeness (QED) is 0.483. The first-order valence-electron chi connectivity index (χ1n) is 8.94. The van der Waals surface area contributed by atoms with Gasteiger partial charge in [0, 0.05) is 12.0 Å². The second-order valence-corrected chi connectivity index (χ2v) is 6.67. The lowest BCUT2D eigenvalue weighted by atomic mass is 9.93. The van der Waals surface area contributed by atoms with Crippen LogP contribution in [0.2, 0.25) is 0 Å². The zero-order valence-corrected chi connectivity index (χ0v) is 14.8. The molecule has 0 radical (unpaired) electrons. The molecular formula is C18H29N3O4. The number of aliphatic hydroxyl groups is 2. The van der Waals surface area contributed by atoms with Gasteiger partial charge in [0.05, 0.1) is 30.6 Å². The summed E-state index contributed by atoms with van der Waals surface area (Å²) < 4.78 is 5.82. The van der Waals surface area contributed by atoms with Gasteiger partial charge in [0.2, 0.25) is 5.88 Å². The van der Waals surface area contributed by atoms with Crippen LogP contribution in [0.3, 0.4) is 0 Å². The van der Waals surface area contributed by atoms with Crippen LogP contribution in [0.4, 0.5) is 0 Å². The Hall–Kier alpha value is -1.70. The average molecular weight is 351 g/mol. The summed E-state index contributed by atoms with van der Waals surface area (Å²) in [5.74, 6) is 0.579. The Morgan fingerprint density at radius 1 is 1.48 bits per heavy atom. The van der Waals surface area contributed by atoms with E-state index >= 15 is 0 Å². The fourth-order valence-corrected chi connectivity index (χ4v) is 3.18. The molecule has 1 saturated heterocycles. The summed E-state index contributed by atoms with van der Waals surface area (Å²) >= 11 is 0. The molecule has 0 bridgehead atoms. The SMILES string of the molecule is Cc1nc(OCCCC2CCNCC2)c(C[C@H](O)CO)cc1C(N)=O. The van der Waals surface area contributed by atoms with E-state index < -0.39 is 12.0 Å². The molecule has 2 heterocycles. The predicted molar refractivity (Wildman–Crippen MR) is 94.6 cm³/mol. The van der Waals surface area contributed by atoms with Crippen molar-refractivity contribution in [2.24, 2.45) is 11.7 Å². The molecule has 7 heteroatoms. The van der Waals surface area contributed by atoms with E-state index in [0.29, 0.717) is 29.3 Å². The zero-order valence-electron chi connectivity index (χ0n) is 14.8. The molecule has 1 amide bonds. The van der Waals surface area contributed by atoms with Gasteiger partial charge >= 0.3 is 0 Å². The maximum absolute atomic E-state index is 11.5. The van der Waals surface area contributed by atoms with E-state index in [0.717, 1.165) is 31.8 Å². The highest BCUT2D eigenvalue weighted by Crippen LogP contribution is 2.23. The Kier molecular flexibility index (Phi) is 7.61. The van der Waals surface area contributed by atoms with E-state index in [1.54, 1.807) is 13.0 Å². The molecule has 1 fully saturated rings. The highest BCUT2D eigenvalue weighted by molar-refractivity contribution is 5.94. The van der Waals surface area contributed by atoms with Crippen LogP contribution in [0.25, 0.3) is 0 Å². The van der Waals surface area contributed by atoms with Crippen LogP contribution in [0, 0.1) is 12.8 Å². The van der Waals surface area contributed by atoms with Crippen molar-refractivity contribution in [2.75, 3.05) is 26.3 Å². The molecule has 5 N–H and O–H groups in total. The third kappa shape index (κ3) is 5.95. The maximum atomic E-state index is 11.5. The number of rotatable bonds is 9. The number of hydrogen-bond donors (Lipinski definition) is 4. The highest BCUT2D eigenvalue weighted by atomic mass is 16.5. The van der Waals surface area contributed by atoms with Gasteiger partial charge in [0.25, 0.3) is 5.91 Å². The summed E-state index contributed by atoms with van der Waals surface area (Å²) in [6.07, 6.45) is 3.70. The van der Waals surface area contributed by atoms with Gasteiger partial charge in [-0.2, -0.15) is 0 Å². The summed E-state index contributed by atoms with van der Waals surface area (Å²) in [6, 6.07) is 1.60. The number of aromatic nitrogens is 1. The van der Waals surface area contributed by atoms with Crippen LogP contribution in [0.15, 0.2) is 6.07 Å². The van der Waals surface area contributed by atoms with Crippen molar-refractivity contribution in [1.29, 1.82) is 0 Å². The molecule has 25 heavy (non-hydrogen) atoms. The zero-order chi connectivity index (χ0) is 18.2. The van der Waals surface area contributed by atoms with Crippen molar-refractivity contribution in [2.45, 2.75) is 45.1 Å². The number of pyridine rings is 1. The van der Waals surface area contributed by atoms with E-state index in [1.807, 2.05) is 0 Å². The van der Waals surface area contributed by atoms with Crippen molar-refractivity contribution in [3.8, 4) is 5.88 Å². The normalized spacial score (nSPS) is 16.6. The summed E-state index contributed by atoms with van der Waals surface area (Å²) in [7, 11) is 0. The molecule has 0 spiro atoms. The summed E-state index contributed by atoms with van der Waals surface area (Å²) in [5, 5.41) is 22.2. The topological polar surface area (TPSA) is 118 Å². The second-order valence-electron chi connectivity index (χ2n) is 6.67. The van der Waals surface area contributed by atoms with Gasteiger partial charge in [-0.25, -0.2) is 4.98 Å². The second kappa shape index (κ2) is 9.70. The molecule has 0 aliphatic carbocycles. The molecule has 0 unspecified atom stereocenters. The molecule has 1 aliphatic rings. The minimum absolute atomic E-state index is 0.160.